The van der Waals surface area contributed by atoms with Crippen molar-refractivity contribution in [3.8, 4) is 0 Å². The van der Waals surface area contributed by atoms with Crippen LogP contribution in [0.1, 0.15) is 107 Å². The lowest BCUT2D eigenvalue weighted by atomic mass is 9.43. The number of nitrogens with two attached hydrogens (primary N) is 1. The van der Waals surface area contributed by atoms with Crippen molar-refractivity contribution in [1.29, 1.82) is 0 Å². The van der Waals surface area contributed by atoms with Gasteiger partial charge in [-0.15, -0.1) is 0 Å². The molecule has 2 saturated heterocycles. The van der Waals surface area contributed by atoms with Gasteiger partial charge in [-0.3, -0.25) is 14.5 Å². The van der Waals surface area contributed by atoms with Crippen molar-refractivity contribution >= 4 is 11.9 Å². The lowest BCUT2D eigenvalue weighted by Crippen LogP contribution is -2.70. The normalized spacial score (nSPS) is 50.1. The van der Waals surface area contributed by atoms with Crippen LogP contribution in [0.4, 0.5) is 0 Å². The number of nitrogens with zero attached hydrogens (tertiary/aromatic N) is 1. The molecule has 7 fully saturated rings. The molecule has 0 aromatic rings. The molecule has 278 valence electrons. The van der Waals surface area contributed by atoms with Crippen LogP contribution in [0.2, 0.25) is 0 Å². The number of carbonyl (C=O) groups is 2. The first-order valence-corrected chi connectivity index (χ1v) is 19.0. The fraction of sp³-hybridized carbons (Fsp3) is 0.947. The molecule has 49 heavy (non-hydrogen) atoms. The minimum atomic E-state index is -1.30. The SMILES string of the molecule is CC(=O)O[C@@H](C1C[C@@H](C)[C@H]2C(O1)[C@H](O)[C@@]1(N)C3CC[C@H]4C(C)(C)[C@@H](O[C@H]5CN(C(C)C(=O)O)CCO5)CCC45CC35CCC21C)C(C)(C)O. The number of hydrogen-bond acceptors (Lipinski definition) is 10. The van der Waals surface area contributed by atoms with E-state index in [9.17, 15) is 24.9 Å². The van der Waals surface area contributed by atoms with Crippen LogP contribution in [0.3, 0.4) is 0 Å². The third-order valence-corrected chi connectivity index (χ3v) is 15.9. The number of aliphatic carboxylic acids is 1. The number of aliphatic hydroxyl groups excluding tert-OH is 1. The lowest BCUT2D eigenvalue weighted by molar-refractivity contribution is -0.248. The third-order valence-electron chi connectivity index (χ3n) is 15.9. The van der Waals surface area contributed by atoms with E-state index in [0.717, 1.165) is 44.9 Å². The van der Waals surface area contributed by atoms with Gasteiger partial charge in [0, 0.05) is 13.5 Å². The van der Waals surface area contributed by atoms with Gasteiger partial charge in [0.05, 0.1) is 48.7 Å². The second-order valence-electron chi connectivity index (χ2n) is 18.8. The van der Waals surface area contributed by atoms with Crippen molar-refractivity contribution in [1.82, 2.24) is 4.90 Å². The van der Waals surface area contributed by atoms with Crippen LogP contribution in [-0.2, 0) is 28.5 Å². The molecule has 2 heterocycles. The number of morpholine rings is 1. The average molecular weight is 691 g/mol. The number of carboxylic acids is 1. The predicted octanol–water partition coefficient (Wildman–Crippen LogP) is 3.71. The predicted molar refractivity (Wildman–Crippen MR) is 180 cm³/mol. The van der Waals surface area contributed by atoms with Gasteiger partial charge in [0.25, 0.3) is 0 Å². The maximum atomic E-state index is 12.4. The van der Waals surface area contributed by atoms with Gasteiger partial charge >= 0.3 is 11.9 Å². The molecule has 5 N–H and O–H groups in total. The van der Waals surface area contributed by atoms with E-state index in [2.05, 4.69) is 27.7 Å². The molecule has 0 bridgehead atoms. The summed E-state index contributed by atoms with van der Waals surface area (Å²) in [5, 5.41) is 33.0. The summed E-state index contributed by atoms with van der Waals surface area (Å²) in [7, 11) is 0. The summed E-state index contributed by atoms with van der Waals surface area (Å²) in [6.45, 7) is 17.1. The molecule has 0 aromatic heterocycles. The molecular formula is C38H62N2O9. The zero-order valence-corrected chi connectivity index (χ0v) is 30.9. The molecule has 0 aromatic carbocycles. The molecule has 15 atom stereocenters. The van der Waals surface area contributed by atoms with E-state index < -0.39 is 59.8 Å². The quantitative estimate of drug-likeness (QED) is 0.289. The van der Waals surface area contributed by atoms with Crippen molar-refractivity contribution in [3.63, 3.8) is 0 Å². The molecule has 7 unspecified atom stereocenters. The van der Waals surface area contributed by atoms with Crippen LogP contribution in [0.15, 0.2) is 0 Å². The second kappa shape index (κ2) is 11.6. The van der Waals surface area contributed by atoms with E-state index in [1.165, 1.54) is 6.92 Å². The Morgan fingerprint density at radius 1 is 1.06 bits per heavy atom. The van der Waals surface area contributed by atoms with Crippen LogP contribution in [0, 0.1) is 45.3 Å². The minimum Gasteiger partial charge on any atom is -0.480 e. The highest BCUT2D eigenvalue weighted by atomic mass is 16.7. The number of esters is 1. The van der Waals surface area contributed by atoms with Gasteiger partial charge in [-0.25, -0.2) is 0 Å². The van der Waals surface area contributed by atoms with Crippen LogP contribution in [0.25, 0.3) is 0 Å². The molecule has 5 saturated carbocycles. The third kappa shape index (κ3) is 4.98. The first-order valence-electron chi connectivity index (χ1n) is 19.0. The summed E-state index contributed by atoms with van der Waals surface area (Å²) in [5.41, 5.74) is 5.46. The fourth-order valence-electron chi connectivity index (χ4n) is 13.6. The van der Waals surface area contributed by atoms with E-state index in [0.29, 0.717) is 32.0 Å². The van der Waals surface area contributed by atoms with Gasteiger partial charge in [-0.2, -0.15) is 0 Å². The minimum absolute atomic E-state index is 0.00941. The zero-order chi connectivity index (χ0) is 35.7. The van der Waals surface area contributed by atoms with E-state index in [1.807, 2.05) is 4.90 Å². The molecule has 11 nitrogen and oxygen atoms in total. The summed E-state index contributed by atoms with van der Waals surface area (Å²) in [4.78, 5) is 25.7. The van der Waals surface area contributed by atoms with Crippen molar-refractivity contribution in [3.05, 3.63) is 0 Å². The first-order chi connectivity index (χ1) is 22.7. The van der Waals surface area contributed by atoms with Crippen molar-refractivity contribution in [2.45, 2.75) is 161 Å². The Balaban J connectivity index is 1.12. The molecule has 2 spiro atoms. The molecule has 2 aliphatic heterocycles. The average Bonchev–Trinajstić information content (AvgIpc) is 3.65. The molecule has 11 heteroatoms. The smallest absolute Gasteiger partial charge is 0.320 e. The van der Waals surface area contributed by atoms with Gasteiger partial charge in [-0.1, -0.05) is 27.7 Å². The Bertz CT molecular complexity index is 1340. The number of carboxylic acid groups (broad SMARTS) is 1. The molecular weight excluding hydrogens is 628 g/mol. The zero-order valence-electron chi connectivity index (χ0n) is 30.9. The second-order valence-corrected chi connectivity index (χ2v) is 18.8. The highest BCUT2D eigenvalue weighted by Gasteiger charge is 2.85. The fourth-order valence-corrected chi connectivity index (χ4v) is 13.6. The van der Waals surface area contributed by atoms with E-state index in [4.69, 9.17) is 24.7 Å². The monoisotopic (exact) mass is 690 g/mol. The number of fused-ring (bicyclic) bond motifs is 4. The number of rotatable bonds is 7. The summed E-state index contributed by atoms with van der Waals surface area (Å²) >= 11 is 0. The molecule has 0 radical (unpaired) electrons. The molecule has 7 aliphatic rings. The van der Waals surface area contributed by atoms with E-state index in [-0.39, 0.29) is 45.5 Å². The van der Waals surface area contributed by atoms with Gasteiger partial charge in [-0.05, 0) is 117 Å². The summed E-state index contributed by atoms with van der Waals surface area (Å²) in [6.07, 6.45) is 4.58. The topological polar surface area (TPSA) is 161 Å². The Kier molecular flexibility index (Phi) is 8.52. The lowest BCUT2D eigenvalue weighted by Gasteiger charge is -2.63. The summed E-state index contributed by atoms with van der Waals surface area (Å²) < 4.78 is 25.2. The van der Waals surface area contributed by atoms with Crippen LogP contribution >= 0.6 is 0 Å². The number of carbonyl (C=O) groups excluding carboxylic acids is 1. The van der Waals surface area contributed by atoms with Crippen LogP contribution in [0.5, 0.6) is 0 Å². The maximum Gasteiger partial charge on any atom is 0.320 e. The van der Waals surface area contributed by atoms with E-state index >= 15 is 0 Å². The number of aliphatic hydroxyl groups is 2. The van der Waals surface area contributed by atoms with Crippen LogP contribution in [-0.4, -0.2) is 106 Å². The van der Waals surface area contributed by atoms with Gasteiger partial charge in [0.1, 0.15) is 6.04 Å². The van der Waals surface area contributed by atoms with Gasteiger partial charge in [0.15, 0.2) is 12.4 Å². The first kappa shape index (κ1) is 36.0. The van der Waals surface area contributed by atoms with Crippen molar-refractivity contribution in [2.75, 3.05) is 19.7 Å². The Morgan fingerprint density at radius 3 is 2.39 bits per heavy atom. The summed E-state index contributed by atoms with van der Waals surface area (Å²) in [5.74, 6) is -0.439. The molecule has 7 rings (SSSR count). The number of hydrogen-bond donors (Lipinski definition) is 4. The van der Waals surface area contributed by atoms with E-state index in [1.54, 1.807) is 20.8 Å². The maximum absolute atomic E-state index is 12.4. The standard InChI is InChI=1S/C38H62N2O9/c1-20-17-23(31(34(6,7)45)47-22(3)41)48-29-28(20)35(8)13-14-37-19-36(37)12-11-26(49-27-18-40(15-16-46-27)21(2)32(43)44)33(4,5)24(36)9-10-25(37)38(35,39)30(29)42/h20-21,23-31,42,45H,9-19,39H2,1-8H3,(H,43,44)/t20-,21?,23?,24+,25?,26+,27+,28+,29?,30+,31+,35?,36?,37?,38+/m1/s1. The van der Waals surface area contributed by atoms with Crippen molar-refractivity contribution < 1.29 is 43.9 Å². The van der Waals surface area contributed by atoms with Crippen molar-refractivity contribution in [2.24, 2.45) is 51.1 Å². The highest BCUT2D eigenvalue weighted by Crippen LogP contribution is 2.87. The Hall–Kier alpha value is -1.34. The Labute approximate surface area is 291 Å². The number of ether oxygens (including phenoxy) is 4. The molecule has 0 amide bonds. The largest absolute Gasteiger partial charge is 0.480 e. The highest BCUT2D eigenvalue weighted by molar-refractivity contribution is 5.72. The van der Waals surface area contributed by atoms with Gasteiger partial charge < -0.3 is 40.0 Å². The van der Waals surface area contributed by atoms with Gasteiger partial charge in [0.2, 0.25) is 0 Å². The Morgan fingerprint density at radius 2 is 1.73 bits per heavy atom. The summed E-state index contributed by atoms with van der Waals surface area (Å²) in [6, 6.07) is -0.578. The van der Waals surface area contributed by atoms with Crippen LogP contribution < -0.4 is 5.73 Å². The molecule has 5 aliphatic carbocycles.